The maximum Gasteiger partial charge on any atom is 0.263 e. The molecule has 0 N–H and O–H groups in total. The zero-order valence-electron chi connectivity index (χ0n) is 21.7. The van der Waals surface area contributed by atoms with E-state index in [1.54, 1.807) is 23.8 Å². The Morgan fingerprint density at radius 2 is 1.77 bits per heavy atom. The van der Waals surface area contributed by atoms with Crippen LogP contribution in [0.25, 0.3) is 26.7 Å². The number of hydrogen-bond donors (Lipinski definition) is 0. The number of amides is 1. The van der Waals surface area contributed by atoms with E-state index in [-0.39, 0.29) is 11.5 Å². The second-order valence-electron chi connectivity index (χ2n) is 9.46. The molecule has 0 radical (unpaired) electrons. The molecule has 39 heavy (non-hydrogen) atoms. The lowest BCUT2D eigenvalue weighted by atomic mass is 10.0. The minimum absolute atomic E-state index is 0.149. The number of ether oxygens (including phenoxy) is 2. The molecule has 3 aromatic heterocycles. The van der Waals surface area contributed by atoms with Gasteiger partial charge in [-0.1, -0.05) is 36.4 Å². The number of aromatic nitrogens is 1. The molecule has 0 spiro atoms. The molecule has 0 saturated carbocycles. The van der Waals surface area contributed by atoms with Crippen LogP contribution >= 0.6 is 11.3 Å². The smallest absolute Gasteiger partial charge is 0.263 e. The van der Waals surface area contributed by atoms with E-state index >= 15 is 0 Å². The molecule has 1 fully saturated rings. The fraction of sp³-hybridized carbons (Fsp3) is 0.226. The van der Waals surface area contributed by atoms with Crippen LogP contribution in [0.3, 0.4) is 0 Å². The summed E-state index contributed by atoms with van der Waals surface area (Å²) >= 11 is 1.53. The number of hydrogen-bond acceptors (Lipinski definition) is 6. The average Bonchev–Trinajstić information content (AvgIpc) is 3.48. The molecule has 8 heteroatoms. The van der Waals surface area contributed by atoms with E-state index in [0.717, 1.165) is 35.4 Å². The number of fused-ring (bicyclic) bond motifs is 3. The van der Waals surface area contributed by atoms with E-state index in [1.807, 2.05) is 77.0 Å². The highest BCUT2D eigenvalue weighted by Crippen LogP contribution is 2.33. The lowest BCUT2D eigenvalue weighted by molar-refractivity contribution is 0.0391. The molecule has 5 aromatic rings. The molecule has 198 valence electrons. The molecule has 7 nitrogen and oxygen atoms in total. The Kier molecular flexibility index (Phi) is 7.15. The normalized spacial score (nSPS) is 14.1. The van der Waals surface area contributed by atoms with Gasteiger partial charge in [0.05, 0.1) is 41.7 Å². The summed E-state index contributed by atoms with van der Waals surface area (Å²) in [5.74, 6) is 0.432. The lowest BCUT2D eigenvalue weighted by Gasteiger charge is -2.30. The van der Waals surface area contributed by atoms with Gasteiger partial charge in [-0.05, 0) is 47.2 Å². The Morgan fingerprint density at radius 3 is 2.56 bits per heavy atom. The van der Waals surface area contributed by atoms with E-state index in [0.29, 0.717) is 47.7 Å². The van der Waals surface area contributed by atoms with Gasteiger partial charge in [-0.25, -0.2) is 0 Å². The van der Waals surface area contributed by atoms with Crippen LogP contribution in [0, 0.1) is 0 Å². The standard InChI is InChI=1S/C31H29N3O4S/c1-37-27-10-6-5-9-24(27)25-21-26(28-29-22(12-20-39-29)11-13-34(28)30(25)35)31(36)33(23-7-3-2-4-8-23)15-14-32-16-18-38-19-17-32/h2-13,20-21H,14-19H2,1H3. The predicted molar refractivity (Wildman–Crippen MR) is 156 cm³/mol. The Labute approximate surface area is 230 Å². The predicted octanol–water partition coefficient (Wildman–Crippen LogP) is 5.17. The van der Waals surface area contributed by atoms with Gasteiger partial charge in [0.1, 0.15) is 5.75 Å². The summed E-state index contributed by atoms with van der Waals surface area (Å²) < 4.78 is 13.6. The van der Waals surface area contributed by atoms with Gasteiger partial charge >= 0.3 is 0 Å². The lowest BCUT2D eigenvalue weighted by Crippen LogP contribution is -2.43. The first-order valence-electron chi connectivity index (χ1n) is 13.0. The van der Waals surface area contributed by atoms with Crippen molar-refractivity contribution in [1.29, 1.82) is 0 Å². The number of carbonyl (C=O) groups excluding carboxylic acids is 1. The molecule has 0 aliphatic carbocycles. The van der Waals surface area contributed by atoms with Crippen molar-refractivity contribution < 1.29 is 14.3 Å². The summed E-state index contributed by atoms with van der Waals surface area (Å²) in [6, 6.07) is 22.8. The summed E-state index contributed by atoms with van der Waals surface area (Å²) in [6.07, 6.45) is 1.77. The van der Waals surface area contributed by atoms with E-state index in [4.69, 9.17) is 9.47 Å². The number of morpholine rings is 1. The van der Waals surface area contributed by atoms with Crippen molar-refractivity contribution in [2.75, 3.05) is 51.4 Å². The highest BCUT2D eigenvalue weighted by atomic mass is 32.1. The Bertz CT molecular complexity index is 1690. The summed E-state index contributed by atoms with van der Waals surface area (Å²) in [5.41, 5.74) is 2.81. The van der Waals surface area contributed by atoms with Crippen molar-refractivity contribution in [1.82, 2.24) is 9.30 Å². The molecule has 0 atom stereocenters. The number of nitrogens with zero attached hydrogens (tertiary/aromatic N) is 3. The first kappa shape index (κ1) is 25.3. The molecule has 0 bridgehead atoms. The van der Waals surface area contributed by atoms with Crippen LogP contribution < -0.4 is 15.2 Å². The van der Waals surface area contributed by atoms with Gasteiger partial charge in [-0.3, -0.25) is 18.9 Å². The minimum Gasteiger partial charge on any atom is -0.496 e. The molecular weight excluding hydrogens is 510 g/mol. The molecule has 1 saturated heterocycles. The van der Waals surface area contributed by atoms with Crippen LogP contribution in [0.1, 0.15) is 10.4 Å². The number of pyridine rings is 2. The summed E-state index contributed by atoms with van der Waals surface area (Å²) in [5, 5.41) is 2.99. The van der Waals surface area contributed by atoms with Crippen LogP contribution in [0.15, 0.2) is 89.2 Å². The number of rotatable bonds is 7. The Hall–Kier alpha value is -3.98. The largest absolute Gasteiger partial charge is 0.496 e. The third-order valence-corrected chi connectivity index (χ3v) is 8.17. The van der Waals surface area contributed by atoms with Crippen LogP contribution in [-0.2, 0) is 4.74 Å². The van der Waals surface area contributed by atoms with Gasteiger partial charge in [-0.2, -0.15) is 0 Å². The minimum atomic E-state index is -0.194. The van der Waals surface area contributed by atoms with Gasteiger partial charge in [0, 0.05) is 43.6 Å². The SMILES string of the molecule is COc1ccccc1-c1cc(C(=O)N(CCN2CCOCC2)c2ccccc2)c2c3sccc3ccn2c1=O. The fourth-order valence-electron chi connectivity index (χ4n) is 5.20. The summed E-state index contributed by atoms with van der Waals surface area (Å²) in [4.78, 5) is 32.6. The number of benzene rings is 2. The van der Waals surface area contributed by atoms with Gasteiger partial charge in [0.2, 0.25) is 0 Å². The summed E-state index contributed by atoms with van der Waals surface area (Å²) in [7, 11) is 1.58. The number of thiophene rings is 1. The first-order chi connectivity index (χ1) is 19.2. The number of carbonyl (C=O) groups is 1. The van der Waals surface area contributed by atoms with E-state index in [9.17, 15) is 9.59 Å². The molecule has 1 aliphatic rings. The maximum atomic E-state index is 14.6. The van der Waals surface area contributed by atoms with E-state index in [1.165, 1.54) is 11.3 Å². The summed E-state index contributed by atoms with van der Waals surface area (Å²) in [6.45, 7) is 4.32. The van der Waals surface area contributed by atoms with Gasteiger partial charge in [0.25, 0.3) is 11.5 Å². The second kappa shape index (κ2) is 11.0. The topological polar surface area (TPSA) is 63.5 Å². The zero-order chi connectivity index (χ0) is 26.8. The van der Waals surface area contributed by atoms with Crippen LogP contribution in [-0.4, -0.2) is 61.7 Å². The number of methoxy groups -OCH3 is 1. The Balaban J connectivity index is 1.54. The van der Waals surface area contributed by atoms with E-state index in [2.05, 4.69) is 4.90 Å². The first-order valence-corrected chi connectivity index (χ1v) is 13.9. The van der Waals surface area contributed by atoms with Crippen molar-refractivity contribution in [3.63, 3.8) is 0 Å². The van der Waals surface area contributed by atoms with Crippen molar-refractivity contribution in [3.8, 4) is 16.9 Å². The molecular formula is C31H29N3O4S. The molecule has 0 unspecified atom stereocenters. The third kappa shape index (κ3) is 4.83. The molecule has 6 rings (SSSR count). The average molecular weight is 540 g/mol. The maximum absolute atomic E-state index is 14.6. The quantitative estimate of drug-likeness (QED) is 0.286. The van der Waals surface area contributed by atoms with Crippen molar-refractivity contribution in [2.45, 2.75) is 0 Å². The Morgan fingerprint density at radius 1 is 1.00 bits per heavy atom. The molecule has 1 aliphatic heterocycles. The number of para-hydroxylation sites is 2. The highest BCUT2D eigenvalue weighted by molar-refractivity contribution is 7.18. The zero-order valence-corrected chi connectivity index (χ0v) is 22.5. The van der Waals surface area contributed by atoms with Crippen LogP contribution in [0.5, 0.6) is 5.75 Å². The van der Waals surface area contributed by atoms with Gasteiger partial charge < -0.3 is 14.4 Å². The van der Waals surface area contributed by atoms with Crippen molar-refractivity contribution in [3.05, 3.63) is 100 Å². The van der Waals surface area contributed by atoms with E-state index < -0.39 is 0 Å². The second-order valence-corrected chi connectivity index (χ2v) is 10.4. The van der Waals surface area contributed by atoms with Crippen LogP contribution in [0.2, 0.25) is 0 Å². The van der Waals surface area contributed by atoms with Crippen LogP contribution in [0.4, 0.5) is 5.69 Å². The van der Waals surface area contributed by atoms with Gasteiger partial charge in [-0.15, -0.1) is 11.3 Å². The molecule has 4 heterocycles. The highest BCUT2D eigenvalue weighted by Gasteiger charge is 2.26. The fourth-order valence-corrected chi connectivity index (χ4v) is 6.14. The monoisotopic (exact) mass is 539 g/mol. The number of anilines is 1. The molecule has 2 aromatic carbocycles. The van der Waals surface area contributed by atoms with Gasteiger partial charge in [0.15, 0.2) is 0 Å². The third-order valence-electron chi connectivity index (χ3n) is 7.23. The van der Waals surface area contributed by atoms with Crippen molar-refractivity contribution >= 4 is 38.5 Å². The van der Waals surface area contributed by atoms with Crippen molar-refractivity contribution in [2.24, 2.45) is 0 Å². The molecule has 1 amide bonds.